The highest BCUT2D eigenvalue weighted by Crippen LogP contribution is 2.26. The van der Waals surface area contributed by atoms with Gasteiger partial charge in [-0.2, -0.15) is 8.42 Å². The topological polar surface area (TPSA) is 212 Å². The molecule has 1 fully saturated rings. The van der Waals surface area contributed by atoms with E-state index in [1.807, 2.05) is 6.08 Å². The van der Waals surface area contributed by atoms with Gasteiger partial charge in [0, 0.05) is 0 Å². The molecule has 7 N–H and O–H groups in total. The van der Waals surface area contributed by atoms with Gasteiger partial charge in [-0.15, -0.1) is 0 Å². The van der Waals surface area contributed by atoms with Crippen molar-refractivity contribution in [1.82, 2.24) is 5.32 Å². The summed E-state index contributed by atoms with van der Waals surface area (Å²) in [4.78, 5) is 13.0. The maximum Gasteiger partial charge on any atom is 0.397 e. The lowest BCUT2D eigenvalue weighted by atomic mass is 9.99. The second-order valence-electron chi connectivity index (χ2n) is 14.7. The molecule has 1 aliphatic rings. The van der Waals surface area contributed by atoms with Gasteiger partial charge in [-0.05, 0) is 44.9 Å². The zero-order valence-corrected chi connectivity index (χ0v) is 34.0. The molecule has 1 heterocycles. The van der Waals surface area contributed by atoms with Crippen LogP contribution in [0.15, 0.2) is 24.3 Å². The molecule has 0 bridgehead atoms. The Bertz CT molecular complexity index is 1090. The van der Waals surface area contributed by atoms with E-state index in [4.69, 9.17) is 14.0 Å². The van der Waals surface area contributed by atoms with Crippen molar-refractivity contribution >= 4 is 16.3 Å². The largest absolute Gasteiger partial charge is 0.397 e. The number of hydrogen-bond acceptors (Lipinski definition) is 11. The number of allylic oxidation sites excluding steroid dienone is 3. The van der Waals surface area contributed by atoms with Crippen molar-refractivity contribution in [2.75, 3.05) is 13.2 Å². The van der Waals surface area contributed by atoms with E-state index in [-0.39, 0.29) is 6.42 Å². The van der Waals surface area contributed by atoms with Crippen LogP contribution in [-0.4, -0.2) is 107 Å². The Morgan fingerprint density at radius 3 is 1.74 bits per heavy atom. The van der Waals surface area contributed by atoms with Crippen LogP contribution in [0, 0.1) is 0 Å². The molecule has 1 rings (SSSR count). The van der Waals surface area contributed by atoms with E-state index >= 15 is 0 Å². The molecule has 14 heteroatoms. The monoisotopic (exact) mass is 794 g/mol. The van der Waals surface area contributed by atoms with Crippen molar-refractivity contribution < 1.29 is 57.0 Å². The molecule has 318 valence electrons. The predicted octanol–water partition coefficient (Wildman–Crippen LogP) is 5.96. The Labute approximate surface area is 325 Å². The molecule has 1 amide bonds. The Kier molecular flexibility index (Phi) is 29.6. The number of carbonyl (C=O) groups is 1. The van der Waals surface area contributed by atoms with Crippen LogP contribution in [0.25, 0.3) is 0 Å². The van der Waals surface area contributed by atoms with Gasteiger partial charge in [0.05, 0.1) is 25.4 Å². The number of rotatable bonds is 34. The van der Waals surface area contributed by atoms with Gasteiger partial charge in [0.2, 0.25) is 5.91 Å². The van der Waals surface area contributed by atoms with E-state index < -0.39 is 78.5 Å². The number of aliphatic hydroxyl groups is 5. The minimum absolute atomic E-state index is 0.236. The van der Waals surface area contributed by atoms with Gasteiger partial charge in [-0.3, -0.25) is 9.35 Å². The second-order valence-corrected chi connectivity index (χ2v) is 15.8. The summed E-state index contributed by atoms with van der Waals surface area (Å²) in [5, 5.41) is 54.9. The number of aliphatic hydroxyl groups excluding tert-OH is 5. The van der Waals surface area contributed by atoms with E-state index in [0.717, 1.165) is 64.2 Å². The zero-order chi connectivity index (χ0) is 40.0. The van der Waals surface area contributed by atoms with Crippen molar-refractivity contribution in [1.29, 1.82) is 0 Å². The minimum Gasteiger partial charge on any atom is -0.394 e. The zero-order valence-electron chi connectivity index (χ0n) is 33.1. The SMILES string of the molecule is CCCCCC/C=C\CCCCCCCCC(O)C(=O)NC(COC1OC(CO)C(O)C(OS(=O)(=O)O)C1O)C(O)/C=C/CCCCCCCCCCC. The van der Waals surface area contributed by atoms with Gasteiger partial charge >= 0.3 is 10.4 Å². The number of nitrogens with one attached hydrogen (secondary N) is 1. The third-order valence-corrected chi connectivity index (χ3v) is 10.3. The average molecular weight is 794 g/mol. The van der Waals surface area contributed by atoms with E-state index in [2.05, 4.69) is 35.5 Å². The van der Waals surface area contributed by atoms with Crippen molar-refractivity contribution in [3.8, 4) is 0 Å². The summed E-state index contributed by atoms with van der Waals surface area (Å²) in [6.07, 6.45) is 21.3. The molecule has 8 unspecified atom stereocenters. The van der Waals surface area contributed by atoms with Gasteiger partial charge in [-0.1, -0.05) is 141 Å². The summed E-state index contributed by atoms with van der Waals surface area (Å²) >= 11 is 0. The van der Waals surface area contributed by atoms with Crippen LogP contribution in [0.3, 0.4) is 0 Å². The maximum atomic E-state index is 13.0. The van der Waals surface area contributed by atoms with E-state index in [0.29, 0.717) is 12.8 Å². The molecular weight excluding hydrogens is 719 g/mol. The standard InChI is InChI=1S/C40H75NO12S/c1-3-5-7-9-11-13-15-16-17-19-21-23-25-27-29-34(44)39(47)41-32(33(43)28-26-24-22-20-18-14-12-10-8-6-4-2)31-51-40-37(46)38(53-54(48,49)50)36(45)35(30-42)52-40/h13,15,26,28,32-38,40,42-46H,3-12,14,16-25,27,29-31H2,1-2H3,(H,41,47)(H,48,49,50)/b15-13-,28-26+. The molecule has 0 aromatic heterocycles. The van der Waals surface area contributed by atoms with E-state index in [1.165, 1.54) is 70.3 Å². The number of unbranched alkanes of at least 4 members (excludes halogenated alkanes) is 19. The van der Waals surface area contributed by atoms with Crippen molar-refractivity contribution in [3.63, 3.8) is 0 Å². The summed E-state index contributed by atoms with van der Waals surface area (Å²) in [6.45, 7) is 3.15. The lowest BCUT2D eigenvalue weighted by molar-refractivity contribution is -0.298. The molecule has 0 spiro atoms. The Balaban J connectivity index is 2.66. The fourth-order valence-corrected chi connectivity index (χ4v) is 6.96. The first-order valence-electron chi connectivity index (χ1n) is 20.8. The number of ether oxygens (including phenoxy) is 2. The van der Waals surface area contributed by atoms with Gasteiger partial charge in [-0.25, -0.2) is 4.18 Å². The maximum absolute atomic E-state index is 13.0. The first-order chi connectivity index (χ1) is 25.9. The lowest BCUT2D eigenvalue weighted by Crippen LogP contribution is -2.61. The molecule has 13 nitrogen and oxygen atoms in total. The molecule has 8 atom stereocenters. The Morgan fingerprint density at radius 2 is 1.22 bits per heavy atom. The van der Waals surface area contributed by atoms with Crippen LogP contribution >= 0.6 is 0 Å². The summed E-state index contributed by atoms with van der Waals surface area (Å²) in [6, 6.07) is -1.12. The van der Waals surface area contributed by atoms with Gasteiger partial charge in [0.25, 0.3) is 0 Å². The molecule has 1 saturated heterocycles. The smallest absolute Gasteiger partial charge is 0.394 e. The molecule has 54 heavy (non-hydrogen) atoms. The normalized spacial score (nSPS) is 22.6. The van der Waals surface area contributed by atoms with Crippen LogP contribution in [0.2, 0.25) is 0 Å². The van der Waals surface area contributed by atoms with E-state index in [9.17, 15) is 38.7 Å². The number of carbonyl (C=O) groups excluding carboxylic acids is 1. The number of hydrogen-bond donors (Lipinski definition) is 7. The summed E-state index contributed by atoms with van der Waals surface area (Å²) in [5.74, 6) is -0.710. The fourth-order valence-electron chi connectivity index (χ4n) is 6.45. The first-order valence-corrected chi connectivity index (χ1v) is 22.2. The molecule has 1 aliphatic heterocycles. The predicted molar refractivity (Wildman–Crippen MR) is 210 cm³/mol. The van der Waals surface area contributed by atoms with Crippen molar-refractivity contribution in [2.24, 2.45) is 0 Å². The fraction of sp³-hybridized carbons (Fsp3) is 0.875. The Hall–Kier alpha value is -1.46. The third kappa shape index (κ3) is 24.2. The lowest BCUT2D eigenvalue weighted by Gasteiger charge is -2.41. The highest BCUT2D eigenvalue weighted by molar-refractivity contribution is 7.80. The highest BCUT2D eigenvalue weighted by atomic mass is 32.3. The van der Waals surface area contributed by atoms with Crippen LogP contribution in [0.5, 0.6) is 0 Å². The first kappa shape index (κ1) is 50.6. The summed E-state index contributed by atoms with van der Waals surface area (Å²) < 4.78 is 47.3. The van der Waals surface area contributed by atoms with E-state index in [1.54, 1.807) is 0 Å². The summed E-state index contributed by atoms with van der Waals surface area (Å²) in [7, 11) is -5.11. The van der Waals surface area contributed by atoms with Crippen LogP contribution < -0.4 is 5.32 Å². The molecule has 0 saturated carbocycles. The van der Waals surface area contributed by atoms with Crippen molar-refractivity contribution in [3.05, 3.63) is 24.3 Å². The Morgan fingerprint density at radius 1 is 0.741 bits per heavy atom. The molecule has 0 aromatic rings. The van der Waals surface area contributed by atoms with Crippen molar-refractivity contribution in [2.45, 2.75) is 210 Å². The van der Waals surface area contributed by atoms with Gasteiger partial charge in [0.15, 0.2) is 6.29 Å². The number of amides is 1. The summed E-state index contributed by atoms with van der Waals surface area (Å²) in [5.41, 5.74) is 0. The second kappa shape index (κ2) is 31.6. The van der Waals surface area contributed by atoms with Crippen LogP contribution in [-0.2, 0) is 28.9 Å². The van der Waals surface area contributed by atoms with Crippen LogP contribution in [0.1, 0.15) is 162 Å². The molecule has 0 aliphatic carbocycles. The average Bonchev–Trinajstić information content (AvgIpc) is 3.14. The molecular formula is C40H75NO12S. The molecule has 0 aromatic carbocycles. The van der Waals surface area contributed by atoms with Gasteiger partial charge in [0.1, 0.15) is 30.5 Å². The minimum atomic E-state index is -5.11. The third-order valence-electron chi connectivity index (χ3n) is 9.83. The highest BCUT2D eigenvalue weighted by Gasteiger charge is 2.48. The molecule has 0 radical (unpaired) electrons. The van der Waals surface area contributed by atoms with Crippen LogP contribution in [0.4, 0.5) is 0 Å². The van der Waals surface area contributed by atoms with Gasteiger partial charge < -0.3 is 40.3 Å². The quantitative estimate of drug-likeness (QED) is 0.0229.